The van der Waals surface area contributed by atoms with E-state index in [9.17, 15) is 4.79 Å². The van der Waals surface area contributed by atoms with Gasteiger partial charge in [0.1, 0.15) is 0 Å². The van der Waals surface area contributed by atoms with Crippen LogP contribution >= 0.6 is 11.6 Å². The van der Waals surface area contributed by atoms with Gasteiger partial charge in [0, 0.05) is 6.04 Å². The Bertz CT molecular complexity index is 451. The number of hydrogen-bond donors (Lipinski definition) is 1. The molecule has 1 unspecified atom stereocenters. The van der Waals surface area contributed by atoms with Crippen molar-refractivity contribution >= 4 is 17.6 Å². The number of esters is 1. The molecule has 1 atom stereocenters. The zero-order valence-electron chi connectivity index (χ0n) is 11.2. The van der Waals surface area contributed by atoms with Crippen LogP contribution in [0.1, 0.15) is 24.9 Å². The minimum atomic E-state index is -0.550. The maximum Gasteiger partial charge on any atom is 0.307 e. The fourth-order valence-electron chi connectivity index (χ4n) is 1.70. The summed E-state index contributed by atoms with van der Waals surface area (Å²) in [5, 5.41) is 0.346. The van der Waals surface area contributed by atoms with Crippen molar-refractivity contribution < 1.29 is 19.0 Å². The normalized spacial score (nSPS) is 11.8. The van der Waals surface area contributed by atoms with E-state index in [2.05, 4.69) is 0 Å². The highest BCUT2D eigenvalue weighted by Gasteiger charge is 2.20. The number of halogens is 1. The lowest BCUT2D eigenvalue weighted by Crippen LogP contribution is -2.17. The van der Waals surface area contributed by atoms with Crippen molar-refractivity contribution in [2.45, 2.75) is 19.4 Å². The summed E-state index contributed by atoms with van der Waals surface area (Å²) in [5.41, 5.74) is 6.58. The average Bonchev–Trinajstić information content (AvgIpc) is 2.38. The molecule has 0 radical (unpaired) electrons. The highest BCUT2D eigenvalue weighted by molar-refractivity contribution is 6.33. The van der Waals surface area contributed by atoms with Crippen molar-refractivity contribution in [2.24, 2.45) is 5.73 Å². The van der Waals surface area contributed by atoms with E-state index in [0.29, 0.717) is 28.7 Å². The molecule has 0 aliphatic carbocycles. The Balaban J connectivity index is 2.97. The predicted molar refractivity (Wildman–Crippen MR) is 72.7 cm³/mol. The Morgan fingerprint density at radius 1 is 1.37 bits per heavy atom. The molecule has 0 saturated heterocycles. The third-order valence-corrected chi connectivity index (χ3v) is 3.00. The first-order valence-corrected chi connectivity index (χ1v) is 6.24. The average molecular weight is 288 g/mol. The van der Waals surface area contributed by atoms with Gasteiger partial charge >= 0.3 is 5.97 Å². The molecule has 0 bridgehead atoms. The van der Waals surface area contributed by atoms with Crippen LogP contribution in [0, 0.1) is 0 Å². The molecule has 1 aromatic rings. The second-order valence-corrected chi connectivity index (χ2v) is 4.20. The van der Waals surface area contributed by atoms with Crippen LogP contribution < -0.4 is 15.2 Å². The molecule has 0 aliphatic heterocycles. The SMILES string of the molecule is CCOC(=O)CC(N)c1ccc(OC)c(OC)c1Cl. The molecule has 2 N–H and O–H groups in total. The molecule has 5 nitrogen and oxygen atoms in total. The summed E-state index contributed by atoms with van der Waals surface area (Å²) in [6.45, 7) is 2.07. The lowest BCUT2D eigenvalue weighted by molar-refractivity contribution is -0.143. The van der Waals surface area contributed by atoms with Crippen LogP contribution in [0.4, 0.5) is 0 Å². The Labute approximate surface area is 117 Å². The van der Waals surface area contributed by atoms with Gasteiger partial charge in [0.2, 0.25) is 0 Å². The maximum absolute atomic E-state index is 11.4. The number of carbonyl (C=O) groups is 1. The highest BCUT2D eigenvalue weighted by Crippen LogP contribution is 2.39. The summed E-state index contributed by atoms with van der Waals surface area (Å²) >= 11 is 6.21. The first-order chi connectivity index (χ1) is 9.04. The highest BCUT2D eigenvalue weighted by atomic mass is 35.5. The Morgan fingerprint density at radius 3 is 2.58 bits per heavy atom. The summed E-state index contributed by atoms with van der Waals surface area (Å²) < 4.78 is 15.2. The van der Waals surface area contributed by atoms with Crippen LogP contribution in [0.2, 0.25) is 5.02 Å². The zero-order valence-corrected chi connectivity index (χ0v) is 12.0. The van der Waals surface area contributed by atoms with Crippen molar-refractivity contribution in [1.82, 2.24) is 0 Å². The van der Waals surface area contributed by atoms with E-state index in [-0.39, 0.29) is 12.4 Å². The summed E-state index contributed by atoms with van der Waals surface area (Å²) in [6, 6.07) is 2.87. The van der Waals surface area contributed by atoms with E-state index >= 15 is 0 Å². The second-order valence-electron chi connectivity index (χ2n) is 3.82. The minimum Gasteiger partial charge on any atom is -0.493 e. The number of nitrogens with two attached hydrogens (primary N) is 1. The zero-order chi connectivity index (χ0) is 14.4. The number of benzene rings is 1. The molecule has 6 heteroatoms. The fraction of sp³-hybridized carbons (Fsp3) is 0.462. The standard InChI is InChI=1S/C13H18ClNO4/c1-4-19-11(16)7-9(15)8-5-6-10(17-2)13(18-3)12(8)14/h5-6,9H,4,7,15H2,1-3H3. The van der Waals surface area contributed by atoms with Crippen LogP contribution in [-0.2, 0) is 9.53 Å². The van der Waals surface area contributed by atoms with Crippen molar-refractivity contribution in [1.29, 1.82) is 0 Å². The molecule has 0 fully saturated rings. The van der Waals surface area contributed by atoms with Gasteiger partial charge in [-0.3, -0.25) is 4.79 Å². The third-order valence-electron chi connectivity index (χ3n) is 2.61. The molecule has 0 aliphatic rings. The van der Waals surface area contributed by atoms with Gasteiger partial charge < -0.3 is 19.9 Å². The first-order valence-electron chi connectivity index (χ1n) is 5.86. The maximum atomic E-state index is 11.4. The largest absolute Gasteiger partial charge is 0.493 e. The molecule has 1 aromatic carbocycles. The van der Waals surface area contributed by atoms with E-state index in [1.165, 1.54) is 14.2 Å². The number of carbonyl (C=O) groups excluding carboxylic acids is 1. The Kier molecular flexibility index (Phi) is 5.92. The van der Waals surface area contributed by atoms with E-state index in [0.717, 1.165) is 0 Å². The lowest BCUT2D eigenvalue weighted by atomic mass is 10.0. The van der Waals surface area contributed by atoms with Gasteiger partial charge in [-0.2, -0.15) is 0 Å². The van der Waals surface area contributed by atoms with Crippen molar-refractivity contribution in [3.05, 3.63) is 22.7 Å². The fourth-order valence-corrected chi connectivity index (χ4v) is 2.07. The molecular weight excluding hydrogens is 270 g/mol. The smallest absolute Gasteiger partial charge is 0.307 e. The van der Waals surface area contributed by atoms with Gasteiger partial charge in [-0.1, -0.05) is 17.7 Å². The molecule has 106 valence electrons. The summed E-state index contributed by atoms with van der Waals surface area (Å²) in [6.07, 6.45) is 0.0586. The lowest BCUT2D eigenvalue weighted by Gasteiger charge is -2.17. The van der Waals surface area contributed by atoms with E-state index in [4.69, 9.17) is 31.5 Å². The molecule has 0 spiro atoms. The van der Waals surface area contributed by atoms with Gasteiger partial charge in [0.25, 0.3) is 0 Å². The van der Waals surface area contributed by atoms with Gasteiger partial charge in [-0.25, -0.2) is 0 Å². The number of methoxy groups -OCH3 is 2. The Morgan fingerprint density at radius 2 is 2.05 bits per heavy atom. The molecule has 19 heavy (non-hydrogen) atoms. The van der Waals surface area contributed by atoms with Gasteiger partial charge in [0.15, 0.2) is 11.5 Å². The molecule has 0 saturated carbocycles. The van der Waals surface area contributed by atoms with Crippen molar-refractivity contribution in [2.75, 3.05) is 20.8 Å². The topological polar surface area (TPSA) is 70.8 Å². The molecule has 0 amide bonds. The van der Waals surface area contributed by atoms with Crippen LogP contribution in [0.25, 0.3) is 0 Å². The van der Waals surface area contributed by atoms with E-state index in [1.807, 2.05) is 0 Å². The summed E-state index contributed by atoms with van der Waals surface area (Å²) in [4.78, 5) is 11.4. The number of hydrogen-bond acceptors (Lipinski definition) is 5. The monoisotopic (exact) mass is 287 g/mol. The molecule has 0 heterocycles. The summed E-state index contributed by atoms with van der Waals surface area (Å²) in [7, 11) is 3.01. The number of rotatable bonds is 6. The van der Waals surface area contributed by atoms with Gasteiger partial charge in [-0.05, 0) is 18.6 Å². The van der Waals surface area contributed by atoms with Crippen molar-refractivity contribution in [3.8, 4) is 11.5 Å². The molecule has 1 rings (SSSR count). The van der Waals surface area contributed by atoms with E-state index in [1.54, 1.807) is 19.1 Å². The Hall–Kier alpha value is -1.46. The van der Waals surface area contributed by atoms with Gasteiger partial charge in [0.05, 0.1) is 32.3 Å². The quantitative estimate of drug-likeness (QED) is 0.813. The minimum absolute atomic E-state index is 0.0586. The molecular formula is C13H18ClNO4. The first kappa shape index (κ1) is 15.6. The van der Waals surface area contributed by atoms with Crippen LogP contribution in [0.15, 0.2) is 12.1 Å². The van der Waals surface area contributed by atoms with E-state index < -0.39 is 6.04 Å². The number of ether oxygens (including phenoxy) is 3. The third kappa shape index (κ3) is 3.75. The van der Waals surface area contributed by atoms with Gasteiger partial charge in [-0.15, -0.1) is 0 Å². The predicted octanol–water partition coefficient (Wildman–Crippen LogP) is 2.31. The van der Waals surface area contributed by atoms with Crippen LogP contribution in [-0.4, -0.2) is 26.8 Å². The second kappa shape index (κ2) is 7.21. The van der Waals surface area contributed by atoms with Crippen molar-refractivity contribution in [3.63, 3.8) is 0 Å². The molecule has 0 aromatic heterocycles. The summed E-state index contributed by atoms with van der Waals surface area (Å²) in [5.74, 6) is 0.557. The van der Waals surface area contributed by atoms with Crippen LogP contribution in [0.5, 0.6) is 11.5 Å². The van der Waals surface area contributed by atoms with Crippen LogP contribution in [0.3, 0.4) is 0 Å².